The second-order valence-corrected chi connectivity index (χ2v) is 7.32. The molecule has 4 amide bonds. The number of para-hydroxylation sites is 1. The van der Waals surface area contributed by atoms with Crippen molar-refractivity contribution in [3.8, 4) is 5.75 Å². The molecule has 1 fully saturated rings. The molecule has 2 heterocycles. The molecule has 0 aliphatic carbocycles. The van der Waals surface area contributed by atoms with Crippen LogP contribution in [-0.4, -0.2) is 40.5 Å². The molecule has 7 heteroatoms. The highest BCUT2D eigenvalue weighted by atomic mass is 16.5. The number of benzene rings is 2. The van der Waals surface area contributed by atoms with E-state index in [0.717, 1.165) is 27.1 Å². The van der Waals surface area contributed by atoms with Gasteiger partial charge in [-0.2, -0.15) is 0 Å². The summed E-state index contributed by atoms with van der Waals surface area (Å²) in [5.41, 5.74) is 2.81. The third-order valence-electron chi connectivity index (χ3n) is 5.24. The van der Waals surface area contributed by atoms with E-state index in [9.17, 15) is 14.4 Å². The maximum atomic E-state index is 12.6. The van der Waals surface area contributed by atoms with Gasteiger partial charge in [0.05, 0.1) is 6.54 Å². The van der Waals surface area contributed by atoms with E-state index in [1.165, 1.54) is 5.56 Å². The van der Waals surface area contributed by atoms with Gasteiger partial charge in [-0.05, 0) is 38.1 Å². The lowest BCUT2D eigenvalue weighted by Crippen LogP contribution is -2.53. The topological polar surface area (TPSA) is 80.6 Å². The van der Waals surface area contributed by atoms with Crippen LogP contribution in [0.4, 0.5) is 4.79 Å². The number of aryl methyl sites for hydroxylation is 1. The summed E-state index contributed by atoms with van der Waals surface area (Å²) in [5.74, 6) is -0.465. The summed E-state index contributed by atoms with van der Waals surface area (Å²) < 4.78 is 7.88. The van der Waals surface area contributed by atoms with Gasteiger partial charge in [0.2, 0.25) is 0 Å². The number of barbiturate groups is 1. The molecule has 4 rings (SSSR count). The molecule has 2 aromatic carbocycles. The smallest absolute Gasteiger partial charge is 0.331 e. The molecule has 31 heavy (non-hydrogen) atoms. The summed E-state index contributed by atoms with van der Waals surface area (Å²) >= 11 is 0. The van der Waals surface area contributed by atoms with Gasteiger partial charge in [0.15, 0.2) is 0 Å². The van der Waals surface area contributed by atoms with Gasteiger partial charge in [-0.1, -0.05) is 35.9 Å². The summed E-state index contributed by atoms with van der Waals surface area (Å²) in [7, 11) is 0. The SMILES string of the molecule is CCN1C(=O)NC(=O)C(=Cc2cn(CCOc3ccc(C)cc3)c3ccccc23)C1=O. The monoisotopic (exact) mass is 417 g/mol. The van der Waals surface area contributed by atoms with Crippen molar-refractivity contribution in [1.82, 2.24) is 14.8 Å². The summed E-state index contributed by atoms with van der Waals surface area (Å²) in [4.78, 5) is 37.8. The molecule has 0 saturated carbocycles. The van der Waals surface area contributed by atoms with Crippen molar-refractivity contribution >= 4 is 34.8 Å². The number of nitrogens with zero attached hydrogens (tertiary/aromatic N) is 2. The van der Waals surface area contributed by atoms with Crippen molar-refractivity contribution in [1.29, 1.82) is 0 Å². The number of imide groups is 2. The molecule has 1 aromatic heterocycles. The van der Waals surface area contributed by atoms with Crippen LogP contribution in [0, 0.1) is 6.92 Å². The predicted molar refractivity (Wildman–Crippen MR) is 118 cm³/mol. The Labute approximate surface area is 179 Å². The number of hydrogen-bond donors (Lipinski definition) is 1. The van der Waals surface area contributed by atoms with E-state index in [-0.39, 0.29) is 12.1 Å². The number of nitrogens with one attached hydrogen (secondary N) is 1. The van der Waals surface area contributed by atoms with Crippen LogP contribution in [-0.2, 0) is 16.1 Å². The zero-order valence-electron chi connectivity index (χ0n) is 17.4. The maximum absolute atomic E-state index is 12.6. The first kappa shape index (κ1) is 20.4. The van der Waals surface area contributed by atoms with Gasteiger partial charge in [0.25, 0.3) is 11.8 Å². The van der Waals surface area contributed by atoms with Crippen molar-refractivity contribution < 1.29 is 19.1 Å². The normalized spacial score (nSPS) is 15.6. The van der Waals surface area contributed by atoms with Gasteiger partial charge >= 0.3 is 6.03 Å². The third kappa shape index (κ3) is 4.07. The molecule has 1 N–H and O–H groups in total. The van der Waals surface area contributed by atoms with Crippen LogP contribution in [0.5, 0.6) is 5.75 Å². The molecule has 0 radical (unpaired) electrons. The lowest BCUT2D eigenvalue weighted by molar-refractivity contribution is -0.129. The largest absolute Gasteiger partial charge is 0.492 e. The summed E-state index contributed by atoms with van der Waals surface area (Å²) in [6, 6.07) is 14.9. The lowest BCUT2D eigenvalue weighted by Gasteiger charge is -2.24. The standard InChI is InChI=1S/C24H23N3O4/c1-3-27-23(29)20(22(28)25-24(27)30)14-17-15-26(21-7-5-4-6-19(17)21)12-13-31-18-10-8-16(2)9-11-18/h4-11,14-15H,3,12-13H2,1-2H3,(H,25,28,30). The van der Waals surface area contributed by atoms with E-state index in [1.807, 2.05) is 66.2 Å². The van der Waals surface area contributed by atoms with Crippen LogP contribution in [0.1, 0.15) is 18.1 Å². The summed E-state index contributed by atoms with van der Waals surface area (Å²) in [6.45, 7) is 4.96. The second-order valence-electron chi connectivity index (χ2n) is 7.32. The minimum Gasteiger partial charge on any atom is -0.492 e. The van der Waals surface area contributed by atoms with Crippen LogP contribution in [0.15, 0.2) is 60.3 Å². The molecule has 0 spiro atoms. The van der Waals surface area contributed by atoms with Crippen LogP contribution < -0.4 is 10.1 Å². The third-order valence-corrected chi connectivity index (χ3v) is 5.24. The van der Waals surface area contributed by atoms with Crippen molar-refractivity contribution in [2.75, 3.05) is 13.2 Å². The molecule has 1 saturated heterocycles. The maximum Gasteiger partial charge on any atom is 0.331 e. The Morgan fingerprint density at radius 3 is 2.52 bits per heavy atom. The van der Waals surface area contributed by atoms with Gasteiger partial charge in [-0.3, -0.25) is 19.8 Å². The van der Waals surface area contributed by atoms with E-state index in [4.69, 9.17) is 4.74 Å². The number of rotatable bonds is 6. The van der Waals surface area contributed by atoms with Crippen molar-refractivity contribution in [3.63, 3.8) is 0 Å². The Morgan fingerprint density at radius 2 is 1.77 bits per heavy atom. The Bertz CT molecular complexity index is 1190. The molecule has 1 aliphatic rings. The second kappa shape index (κ2) is 8.47. The first-order chi connectivity index (χ1) is 15.0. The van der Waals surface area contributed by atoms with E-state index in [1.54, 1.807) is 13.0 Å². The number of hydrogen-bond acceptors (Lipinski definition) is 4. The molecule has 1 aliphatic heterocycles. The molecule has 158 valence electrons. The number of ether oxygens (including phenoxy) is 1. The van der Waals surface area contributed by atoms with Gasteiger partial charge in [0, 0.05) is 29.2 Å². The number of amides is 4. The lowest BCUT2D eigenvalue weighted by atomic mass is 10.1. The average Bonchev–Trinajstić information content (AvgIpc) is 3.10. The number of fused-ring (bicyclic) bond motifs is 1. The summed E-state index contributed by atoms with van der Waals surface area (Å²) in [5, 5.41) is 3.13. The van der Waals surface area contributed by atoms with Gasteiger partial charge in [-0.25, -0.2) is 4.79 Å². The number of aromatic nitrogens is 1. The fourth-order valence-electron chi connectivity index (χ4n) is 3.61. The van der Waals surface area contributed by atoms with Gasteiger partial charge < -0.3 is 9.30 Å². The van der Waals surface area contributed by atoms with Crippen molar-refractivity contribution in [2.45, 2.75) is 20.4 Å². The highest BCUT2D eigenvalue weighted by Crippen LogP contribution is 2.25. The fourth-order valence-corrected chi connectivity index (χ4v) is 3.61. The van der Waals surface area contributed by atoms with Crippen LogP contribution in [0.3, 0.4) is 0 Å². The zero-order valence-corrected chi connectivity index (χ0v) is 17.4. The minimum absolute atomic E-state index is 0.0553. The van der Waals surface area contributed by atoms with E-state index < -0.39 is 17.8 Å². The molecular weight excluding hydrogens is 394 g/mol. The average molecular weight is 417 g/mol. The number of urea groups is 1. The van der Waals surface area contributed by atoms with E-state index in [2.05, 4.69) is 5.32 Å². The molecule has 3 aromatic rings. The Balaban J connectivity index is 1.61. The summed E-state index contributed by atoms with van der Waals surface area (Å²) in [6.07, 6.45) is 3.44. The quantitative estimate of drug-likeness (QED) is 0.492. The fraction of sp³-hybridized carbons (Fsp3) is 0.208. The van der Waals surface area contributed by atoms with Crippen LogP contribution in [0.25, 0.3) is 17.0 Å². The highest BCUT2D eigenvalue weighted by molar-refractivity contribution is 6.31. The first-order valence-corrected chi connectivity index (χ1v) is 10.1. The van der Waals surface area contributed by atoms with Crippen LogP contribution >= 0.6 is 0 Å². The Hall–Kier alpha value is -3.87. The molecular formula is C24H23N3O4. The van der Waals surface area contributed by atoms with Crippen LogP contribution in [0.2, 0.25) is 0 Å². The Kier molecular flexibility index (Phi) is 5.58. The van der Waals surface area contributed by atoms with Gasteiger partial charge in [0.1, 0.15) is 17.9 Å². The van der Waals surface area contributed by atoms with Gasteiger partial charge in [-0.15, -0.1) is 0 Å². The molecule has 7 nitrogen and oxygen atoms in total. The highest BCUT2D eigenvalue weighted by Gasteiger charge is 2.34. The number of carbonyl (C=O) groups is 3. The number of carbonyl (C=O) groups excluding carboxylic acids is 3. The number of likely N-dealkylation sites (N-methyl/N-ethyl adjacent to an activating group) is 1. The Morgan fingerprint density at radius 1 is 1.03 bits per heavy atom. The van der Waals surface area contributed by atoms with Crippen molar-refractivity contribution in [2.24, 2.45) is 0 Å². The van der Waals surface area contributed by atoms with E-state index >= 15 is 0 Å². The first-order valence-electron chi connectivity index (χ1n) is 10.1. The van der Waals surface area contributed by atoms with E-state index in [0.29, 0.717) is 13.2 Å². The molecule has 0 atom stereocenters. The molecule has 0 bridgehead atoms. The predicted octanol–water partition coefficient (Wildman–Crippen LogP) is 3.51. The molecule has 0 unspecified atom stereocenters. The van der Waals surface area contributed by atoms with Crippen molar-refractivity contribution in [3.05, 3.63) is 71.4 Å². The zero-order chi connectivity index (χ0) is 22.0. The minimum atomic E-state index is -0.690.